The molecule has 1 rings (SSSR count). The Kier molecular flexibility index (Phi) is 5.43. The van der Waals surface area contributed by atoms with Gasteiger partial charge in [0.05, 0.1) is 6.10 Å². The summed E-state index contributed by atoms with van der Waals surface area (Å²) in [6, 6.07) is 3.87. The molecule has 16 heavy (non-hydrogen) atoms. The van der Waals surface area contributed by atoms with Crippen LogP contribution in [-0.2, 0) is 0 Å². The average molecular weight is 222 g/mol. The minimum absolute atomic E-state index is 0.00130. The third-order valence-corrected chi connectivity index (χ3v) is 3.31. The molecule has 0 aromatic carbocycles. The topological polar surface area (TPSA) is 59.1 Å². The zero-order chi connectivity index (χ0) is 12.0. The smallest absolute Gasteiger partial charge is 0.0649 e. The van der Waals surface area contributed by atoms with E-state index in [1.165, 1.54) is 0 Å². The summed E-state index contributed by atoms with van der Waals surface area (Å²) in [4.78, 5) is 4.08. The van der Waals surface area contributed by atoms with E-state index in [1.54, 1.807) is 12.4 Å². The van der Waals surface area contributed by atoms with Gasteiger partial charge in [-0.05, 0) is 17.5 Å². The third kappa shape index (κ3) is 3.03. The van der Waals surface area contributed by atoms with Gasteiger partial charge in [-0.15, -0.1) is 0 Å². The number of rotatable bonds is 6. The number of hydrogen-bond acceptors (Lipinski definition) is 3. The Morgan fingerprint density at radius 3 is 2.50 bits per heavy atom. The molecule has 2 unspecified atom stereocenters. The molecule has 1 aromatic rings. The molecule has 90 valence electrons. The van der Waals surface area contributed by atoms with Gasteiger partial charge in [0.1, 0.15) is 0 Å². The summed E-state index contributed by atoms with van der Waals surface area (Å²) in [7, 11) is 0. The third-order valence-electron chi connectivity index (χ3n) is 3.31. The van der Waals surface area contributed by atoms with Crippen LogP contribution in [0.2, 0.25) is 0 Å². The van der Waals surface area contributed by atoms with Crippen molar-refractivity contribution in [3.63, 3.8) is 0 Å². The molecule has 0 aliphatic heterocycles. The molecule has 0 saturated heterocycles. The van der Waals surface area contributed by atoms with E-state index in [0.717, 1.165) is 18.4 Å². The molecule has 2 atom stereocenters. The Morgan fingerprint density at radius 1 is 1.38 bits per heavy atom. The number of hydrogen-bond donors (Lipinski definition) is 2. The van der Waals surface area contributed by atoms with Gasteiger partial charge >= 0.3 is 0 Å². The summed E-state index contributed by atoms with van der Waals surface area (Å²) in [5.41, 5.74) is 6.80. The van der Waals surface area contributed by atoms with Crippen LogP contribution in [0.5, 0.6) is 0 Å². The summed E-state index contributed by atoms with van der Waals surface area (Å²) < 4.78 is 0. The van der Waals surface area contributed by atoms with E-state index in [2.05, 4.69) is 18.8 Å². The normalized spacial score (nSPS) is 15.1. The van der Waals surface area contributed by atoms with Gasteiger partial charge < -0.3 is 10.8 Å². The second-order valence-corrected chi connectivity index (χ2v) is 4.20. The maximum Gasteiger partial charge on any atom is 0.0649 e. The van der Waals surface area contributed by atoms with Crippen molar-refractivity contribution >= 4 is 0 Å². The Balaban J connectivity index is 2.82. The highest BCUT2D eigenvalue weighted by Crippen LogP contribution is 2.26. The van der Waals surface area contributed by atoms with Crippen LogP contribution in [0.1, 0.15) is 38.2 Å². The van der Waals surface area contributed by atoms with Gasteiger partial charge in [-0.3, -0.25) is 4.98 Å². The molecule has 0 amide bonds. The number of aromatic nitrogens is 1. The van der Waals surface area contributed by atoms with Crippen molar-refractivity contribution in [2.45, 2.75) is 38.7 Å². The Bertz CT molecular complexity index is 285. The van der Waals surface area contributed by atoms with Gasteiger partial charge in [0, 0.05) is 24.9 Å². The summed E-state index contributed by atoms with van der Waals surface area (Å²) >= 11 is 0. The van der Waals surface area contributed by atoms with Crippen LogP contribution < -0.4 is 5.73 Å². The highest BCUT2D eigenvalue weighted by atomic mass is 16.3. The minimum atomic E-state index is -0.371. The van der Waals surface area contributed by atoms with Crippen molar-refractivity contribution < 1.29 is 5.11 Å². The molecule has 0 radical (unpaired) electrons. The molecule has 3 nitrogen and oxygen atoms in total. The molecule has 0 saturated carbocycles. The summed E-state index contributed by atoms with van der Waals surface area (Å²) in [5, 5.41) is 10.3. The quantitative estimate of drug-likeness (QED) is 0.773. The second kappa shape index (κ2) is 6.61. The van der Waals surface area contributed by atoms with Crippen molar-refractivity contribution in [3.05, 3.63) is 30.1 Å². The zero-order valence-electron chi connectivity index (χ0n) is 10.1. The van der Waals surface area contributed by atoms with Crippen molar-refractivity contribution in [3.8, 4) is 0 Å². The fourth-order valence-corrected chi connectivity index (χ4v) is 2.17. The van der Waals surface area contributed by atoms with Gasteiger partial charge in [0.15, 0.2) is 0 Å². The van der Waals surface area contributed by atoms with E-state index in [-0.39, 0.29) is 12.0 Å². The fraction of sp³-hybridized carbons (Fsp3) is 0.615. The molecule has 3 N–H and O–H groups in total. The van der Waals surface area contributed by atoms with E-state index in [0.29, 0.717) is 12.5 Å². The van der Waals surface area contributed by atoms with Crippen LogP contribution in [0.3, 0.4) is 0 Å². The average Bonchev–Trinajstić information content (AvgIpc) is 2.33. The number of pyridine rings is 1. The van der Waals surface area contributed by atoms with E-state index in [1.807, 2.05) is 12.1 Å². The van der Waals surface area contributed by atoms with Crippen molar-refractivity contribution in [1.82, 2.24) is 4.98 Å². The maximum absolute atomic E-state index is 10.3. The predicted octanol–water partition coefficient (Wildman–Crippen LogP) is 1.92. The zero-order valence-corrected chi connectivity index (χ0v) is 10.1. The van der Waals surface area contributed by atoms with Crippen LogP contribution in [0.15, 0.2) is 24.5 Å². The van der Waals surface area contributed by atoms with E-state index < -0.39 is 0 Å². The first-order valence-electron chi connectivity index (χ1n) is 6.02. The highest BCUT2D eigenvalue weighted by Gasteiger charge is 2.25. The summed E-state index contributed by atoms with van der Waals surface area (Å²) in [5.74, 6) is 0.312. The predicted molar refractivity (Wildman–Crippen MR) is 66.1 cm³/mol. The van der Waals surface area contributed by atoms with E-state index in [4.69, 9.17) is 5.73 Å². The number of aliphatic hydroxyl groups is 1. The molecule has 0 bridgehead atoms. The Morgan fingerprint density at radius 2 is 2.06 bits per heavy atom. The van der Waals surface area contributed by atoms with Gasteiger partial charge in [0.25, 0.3) is 0 Å². The lowest BCUT2D eigenvalue weighted by Gasteiger charge is -2.27. The molecular weight excluding hydrogens is 200 g/mol. The summed E-state index contributed by atoms with van der Waals surface area (Å²) in [6.45, 7) is 4.67. The molecule has 0 spiro atoms. The van der Waals surface area contributed by atoms with Gasteiger partial charge in [-0.2, -0.15) is 0 Å². The fourth-order valence-electron chi connectivity index (χ4n) is 2.17. The van der Waals surface area contributed by atoms with Gasteiger partial charge in [0.2, 0.25) is 0 Å². The largest absolute Gasteiger partial charge is 0.392 e. The lowest BCUT2D eigenvalue weighted by atomic mass is 9.84. The van der Waals surface area contributed by atoms with Crippen LogP contribution >= 0.6 is 0 Å². The molecule has 0 aliphatic carbocycles. The number of nitrogens with two attached hydrogens (primary N) is 1. The Labute approximate surface area is 97.7 Å². The molecular formula is C13H22N2O. The van der Waals surface area contributed by atoms with Gasteiger partial charge in [-0.1, -0.05) is 32.8 Å². The standard InChI is InChI=1S/C13H22N2O/c1-3-10(4-2)13(16)12(8-14)11-6-5-7-15-9-11/h5-7,9-10,12-13,16H,3-4,8,14H2,1-2H3. The molecule has 0 aliphatic rings. The van der Waals surface area contributed by atoms with Crippen LogP contribution in [0, 0.1) is 5.92 Å². The number of nitrogens with zero attached hydrogens (tertiary/aromatic N) is 1. The van der Waals surface area contributed by atoms with Crippen molar-refractivity contribution in [2.75, 3.05) is 6.54 Å². The van der Waals surface area contributed by atoms with E-state index >= 15 is 0 Å². The van der Waals surface area contributed by atoms with E-state index in [9.17, 15) is 5.11 Å². The molecule has 3 heteroatoms. The Hall–Kier alpha value is -0.930. The maximum atomic E-state index is 10.3. The van der Waals surface area contributed by atoms with Crippen LogP contribution in [0.25, 0.3) is 0 Å². The minimum Gasteiger partial charge on any atom is -0.392 e. The van der Waals surface area contributed by atoms with Crippen LogP contribution in [-0.4, -0.2) is 22.7 Å². The molecule has 0 fully saturated rings. The molecule has 1 heterocycles. The van der Waals surface area contributed by atoms with Crippen molar-refractivity contribution in [1.29, 1.82) is 0 Å². The first-order chi connectivity index (χ1) is 7.74. The van der Waals surface area contributed by atoms with Crippen LogP contribution in [0.4, 0.5) is 0 Å². The highest BCUT2D eigenvalue weighted by molar-refractivity contribution is 5.17. The monoisotopic (exact) mass is 222 g/mol. The first kappa shape index (κ1) is 13.1. The summed E-state index contributed by atoms with van der Waals surface area (Å²) in [6.07, 6.45) is 5.12. The van der Waals surface area contributed by atoms with Gasteiger partial charge in [-0.25, -0.2) is 0 Å². The first-order valence-corrected chi connectivity index (χ1v) is 6.02. The number of aliphatic hydroxyl groups excluding tert-OH is 1. The lowest BCUT2D eigenvalue weighted by molar-refractivity contribution is 0.0778. The molecule has 1 aromatic heterocycles. The van der Waals surface area contributed by atoms with Crippen molar-refractivity contribution in [2.24, 2.45) is 11.7 Å². The second-order valence-electron chi connectivity index (χ2n) is 4.20. The SMILES string of the molecule is CCC(CC)C(O)C(CN)c1cccnc1. The lowest BCUT2D eigenvalue weighted by Crippen LogP contribution is -2.32.